The number of para-hydroxylation sites is 1. The standard InChI is InChI=1S/C29H22F3N3O4S/c1-15-7-6-8-16(2)24(15)38-14-18-11-12-20(39-18)27(37)35-23-22-19(17-9-4-3-5-10-17)13-21(29(30,31)32)34-28(22)40-25(23)26(33)36/h3-13H,14H2,1-2H3,(H2,33,36)(H,35,37). The van der Waals surface area contributed by atoms with Crippen molar-refractivity contribution in [3.05, 3.63) is 99.9 Å². The number of nitrogens with two attached hydrogens (primary N) is 1. The van der Waals surface area contributed by atoms with Crippen molar-refractivity contribution < 1.29 is 31.9 Å². The molecule has 0 unspecified atom stereocenters. The number of primary amides is 1. The van der Waals surface area contributed by atoms with Crippen molar-refractivity contribution in [3.8, 4) is 16.9 Å². The molecule has 0 aliphatic rings. The number of pyridine rings is 1. The summed E-state index contributed by atoms with van der Waals surface area (Å²) < 4.78 is 52.6. The molecule has 0 atom stereocenters. The predicted octanol–water partition coefficient (Wildman–Crippen LogP) is 7.12. The van der Waals surface area contributed by atoms with Crippen molar-refractivity contribution in [2.75, 3.05) is 5.32 Å². The molecule has 0 aliphatic heterocycles. The number of nitrogens with zero attached hydrogens (tertiary/aromatic N) is 1. The van der Waals surface area contributed by atoms with E-state index in [2.05, 4.69) is 10.3 Å². The number of rotatable bonds is 7. The molecule has 0 bridgehead atoms. The molecule has 0 aliphatic carbocycles. The molecule has 40 heavy (non-hydrogen) atoms. The van der Waals surface area contributed by atoms with Gasteiger partial charge in [-0.1, -0.05) is 48.5 Å². The van der Waals surface area contributed by atoms with Crippen LogP contribution in [0.4, 0.5) is 18.9 Å². The molecule has 0 saturated carbocycles. The molecule has 0 spiro atoms. The third-order valence-corrected chi connectivity index (χ3v) is 7.25. The zero-order chi connectivity index (χ0) is 28.6. The van der Waals surface area contributed by atoms with E-state index in [0.717, 1.165) is 17.2 Å². The zero-order valence-electron chi connectivity index (χ0n) is 21.3. The summed E-state index contributed by atoms with van der Waals surface area (Å²) in [5.41, 5.74) is 6.86. The molecule has 5 aromatic rings. The van der Waals surface area contributed by atoms with Crippen molar-refractivity contribution in [2.45, 2.75) is 26.6 Å². The van der Waals surface area contributed by atoms with Gasteiger partial charge in [-0.2, -0.15) is 13.2 Å². The second-order valence-electron chi connectivity index (χ2n) is 9.00. The van der Waals surface area contributed by atoms with Crippen LogP contribution < -0.4 is 15.8 Å². The molecule has 2 amide bonds. The molecule has 11 heteroatoms. The van der Waals surface area contributed by atoms with E-state index in [9.17, 15) is 22.8 Å². The fraction of sp³-hybridized carbons (Fsp3) is 0.138. The summed E-state index contributed by atoms with van der Waals surface area (Å²) in [6, 6.07) is 18.0. The lowest BCUT2D eigenvalue weighted by molar-refractivity contribution is -0.140. The van der Waals surface area contributed by atoms with Gasteiger partial charge in [-0.3, -0.25) is 9.59 Å². The van der Waals surface area contributed by atoms with E-state index in [1.54, 1.807) is 36.4 Å². The summed E-state index contributed by atoms with van der Waals surface area (Å²) in [6.07, 6.45) is -4.73. The molecular formula is C29H22F3N3O4S. The Bertz CT molecular complexity index is 1720. The average Bonchev–Trinajstić information content (AvgIpc) is 3.53. The summed E-state index contributed by atoms with van der Waals surface area (Å²) in [4.78, 5) is 29.0. The minimum Gasteiger partial charge on any atom is -0.485 e. The fourth-order valence-corrected chi connectivity index (χ4v) is 5.31. The van der Waals surface area contributed by atoms with E-state index in [0.29, 0.717) is 28.4 Å². The number of amides is 2. The lowest BCUT2D eigenvalue weighted by Gasteiger charge is -2.12. The number of anilines is 1. The van der Waals surface area contributed by atoms with Gasteiger partial charge in [-0.15, -0.1) is 11.3 Å². The molecule has 0 fully saturated rings. The maximum Gasteiger partial charge on any atom is 0.433 e. The number of carbonyl (C=O) groups is 2. The van der Waals surface area contributed by atoms with Crippen LogP contribution in [0.2, 0.25) is 0 Å². The van der Waals surface area contributed by atoms with Crippen molar-refractivity contribution in [3.63, 3.8) is 0 Å². The quantitative estimate of drug-likeness (QED) is 0.218. The topological polar surface area (TPSA) is 107 Å². The monoisotopic (exact) mass is 565 g/mol. The Morgan fingerprint density at radius 2 is 1.73 bits per heavy atom. The third-order valence-electron chi connectivity index (χ3n) is 6.15. The van der Waals surface area contributed by atoms with Gasteiger partial charge in [0, 0.05) is 5.39 Å². The predicted molar refractivity (Wildman–Crippen MR) is 145 cm³/mol. The van der Waals surface area contributed by atoms with E-state index in [1.807, 2.05) is 32.0 Å². The van der Waals surface area contributed by atoms with E-state index in [1.165, 1.54) is 6.07 Å². The molecule has 2 aromatic carbocycles. The first kappa shape index (κ1) is 26.9. The van der Waals surface area contributed by atoms with Gasteiger partial charge in [0.15, 0.2) is 5.76 Å². The molecule has 3 heterocycles. The number of hydrogen-bond donors (Lipinski definition) is 2. The smallest absolute Gasteiger partial charge is 0.433 e. The largest absolute Gasteiger partial charge is 0.485 e. The second-order valence-corrected chi connectivity index (χ2v) is 10.00. The number of alkyl halides is 3. The van der Waals surface area contributed by atoms with Gasteiger partial charge in [-0.05, 0) is 54.3 Å². The number of fused-ring (bicyclic) bond motifs is 1. The summed E-state index contributed by atoms with van der Waals surface area (Å²) >= 11 is 0.671. The van der Waals surface area contributed by atoms with E-state index >= 15 is 0 Å². The Labute approximate surface area is 230 Å². The van der Waals surface area contributed by atoms with Crippen molar-refractivity contribution >= 4 is 39.1 Å². The van der Waals surface area contributed by atoms with Crippen LogP contribution in [0.1, 0.15) is 42.8 Å². The maximum absolute atomic E-state index is 13.7. The van der Waals surface area contributed by atoms with Gasteiger partial charge in [0.1, 0.15) is 33.5 Å². The number of thiophene rings is 1. The van der Waals surface area contributed by atoms with Gasteiger partial charge < -0.3 is 20.2 Å². The zero-order valence-corrected chi connectivity index (χ0v) is 22.1. The Hall–Kier alpha value is -4.64. The third kappa shape index (κ3) is 5.28. The highest BCUT2D eigenvalue weighted by Gasteiger charge is 2.35. The van der Waals surface area contributed by atoms with Crippen LogP contribution in [0.3, 0.4) is 0 Å². The number of furan rings is 1. The Morgan fingerprint density at radius 3 is 2.38 bits per heavy atom. The first-order valence-corrected chi connectivity index (χ1v) is 12.8. The van der Waals surface area contributed by atoms with Crippen LogP contribution in [-0.4, -0.2) is 16.8 Å². The molecule has 7 nitrogen and oxygen atoms in total. The maximum atomic E-state index is 13.7. The highest BCUT2D eigenvalue weighted by Crippen LogP contribution is 2.43. The lowest BCUT2D eigenvalue weighted by Crippen LogP contribution is -2.16. The van der Waals surface area contributed by atoms with Crippen LogP contribution in [0, 0.1) is 13.8 Å². The number of halogens is 3. The number of carbonyl (C=O) groups excluding carboxylic acids is 2. The summed E-state index contributed by atoms with van der Waals surface area (Å²) in [5.74, 6) is -0.650. The summed E-state index contributed by atoms with van der Waals surface area (Å²) in [5, 5.41) is 2.78. The highest BCUT2D eigenvalue weighted by atomic mass is 32.1. The van der Waals surface area contributed by atoms with Gasteiger partial charge >= 0.3 is 6.18 Å². The van der Waals surface area contributed by atoms with Crippen molar-refractivity contribution in [1.82, 2.24) is 4.98 Å². The summed E-state index contributed by atoms with van der Waals surface area (Å²) in [6.45, 7) is 3.90. The number of aryl methyl sites for hydroxylation is 2. The van der Waals surface area contributed by atoms with Crippen LogP contribution in [-0.2, 0) is 12.8 Å². The number of nitrogens with one attached hydrogen (secondary N) is 1. The van der Waals surface area contributed by atoms with Crippen molar-refractivity contribution in [1.29, 1.82) is 0 Å². The molecule has 0 saturated heterocycles. The van der Waals surface area contributed by atoms with Crippen molar-refractivity contribution in [2.24, 2.45) is 5.73 Å². The van der Waals surface area contributed by atoms with Crippen LogP contribution in [0.5, 0.6) is 5.75 Å². The van der Waals surface area contributed by atoms with Gasteiger partial charge in [0.2, 0.25) is 0 Å². The number of ether oxygens (including phenoxy) is 1. The SMILES string of the molecule is Cc1cccc(C)c1OCc1ccc(C(=O)Nc2c(C(N)=O)sc3nc(C(F)(F)F)cc(-c4ccccc4)c23)o1. The number of aromatic nitrogens is 1. The fourth-order valence-electron chi connectivity index (χ4n) is 4.30. The molecule has 204 valence electrons. The molecule has 0 radical (unpaired) electrons. The normalized spacial score (nSPS) is 11.5. The average molecular weight is 566 g/mol. The number of benzene rings is 2. The Morgan fingerprint density at radius 1 is 1.02 bits per heavy atom. The first-order chi connectivity index (χ1) is 19.0. The first-order valence-electron chi connectivity index (χ1n) is 12.0. The Kier molecular flexibility index (Phi) is 7.07. The van der Waals surface area contributed by atoms with E-state index < -0.39 is 23.7 Å². The van der Waals surface area contributed by atoms with Crippen LogP contribution in [0.15, 0.2) is 71.1 Å². The molecule has 3 aromatic heterocycles. The highest BCUT2D eigenvalue weighted by molar-refractivity contribution is 7.21. The summed E-state index contributed by atoms with van der Waals surface area (Å²) in [7, 11) is 0. The minimum absolute atomic E-state index is 0.0395. The Balaban J connectivity index is 1.51. The minimum atomic E-state index is -4.73. The van der Waals surface area contributed by atoms with Crippen LogP contribution >= 0.6 is 11.3 Å². The number of hydrogen-bond acceptors (Lipinski definition) is 6. The van der Waals surface area contributed by atoms with E-state index in [4.69, 9.17) is 14.9 Å². The lowest BCUT2D eigenvalue weighted by atomic mass is 10.0. The van der Waals surface area contributed by atoms with Crippen LogP contribution in [0.25, 0.3) is 21.3 Å². The molecule has 3 N–H and O–H groups in total. The molecule has 5 rings (SSSR count). The van der Waals surface area contributed by atoms with Gasteiger partial charge in [-0.25, -0.2) is 4.98 Å². The second kappa shape index (κ2) is 10.5. The van der Waals surface area contributed by atoms with Gasteiger partial charge in [0.25, 0.3) is 11.8 Å². The van der Waals surface area contributed by atoms with Gasteiger partial charge in [0.05, 0.1) is 5.69 Å². The van der Waals surface area contributed by atoms with E-state index in [-0.39, 0.29) is 38.7 Å². The molecular weight excluding hydrogens is 543 g/mol.